The van der Waals surface area contributed by atoms with Crippen molar-refractivity contribution in [1.82, 2.24) is 5.32 Å². The van der Waals surface area contributed by atoms with Crippen LogP contribution < -0.4 is 25.3 Å². The van der Waals surface area contributed by atoms with E-state index >= 15 is 0 Å². The lowest BCUT2D eigenvalue weighted by molar-refractivity contribution is 0.171. The Hall–Kier alpha value is -1.90. The molecule has 1 unspecified atom stereocenters. The van der Waals surface area contributed by atoms with E-state index in [9.17, 15) is 0 Å². The molecule has 0 aliphatic carbocycles. The van der Waals surface area contributed by atoms with Crippen molar-refractivity contribution in [3.63, 3.8) is 0 Å². The summed E-state index contributed by atoms with van der Waals surface area (Å²) in [4.78, 5) is 0. The van der Waals surface area contributed by atoms with E-state index in [0.717, 1.165) is 5.56 Å². The summed E-state index contributed by atoms with van der Waals surface area (Å²) < 4.78 is 16.1. The molecular formula is C14H18N2O3. The minimum atomic E-state index is 0.00394. The lowest BCUT2D eigenvalue weighted by Crippen LogP contribution is -2.28. The second-order valence-electron chi connectivity index (χ2n) is 4.05. The van der Waals surface area contributed by atoms with Crippen molar-refractivity contribution in [2.24, 2.45) is 5.73 Å². The molecule has 0 fully saturated rings. The van der Waals surface area contributed by atoms with Gasteiger partial charge in [-0.05, 0) is 24.6 Å². The summed E-state index contributed by atoms with van der Waals surface area (Å²) >= 11 is 0. The SMILES string of the molecule is CC#CCNC(CN)c1cc(OC)c2c(c1)OCO2. The third kappa shape index (κ3) is 2.92. The van der Waals surface area contributed by atoms with E-state index < -0.39 is 0 Å². The Bertz CT molecular complexity index is 505. The van der Waals surface area contributed by atoms with Crippen molar-refractivity contribution in [3.8, 4) is 29.1 Å². The summed E-state index contributed by atoms with van der Waals surface area (Å²) in [5, 5.41) is 3.28. The van der Waals surface area contributed by atoms with E-state index in [0.29, 0.717) is 30.3 Å². The molecule has 1 aliphatic heterocycles. The average molecular weight is 262 g/mol. The number of hydrogen-bond acceptors (Lipinski definition) is 5. The van der Waals surface area contributed by atoms with Crippen molar-refractivity contribution in [2.75, 3.05) is 27.0 Å². The maximum absolute atomic E-state index is 5.80. The van der Waals surface area contributed by atoms with Crippen LogP contribution in [0.1, 0.15) is 18.5 Å². The molecule has 3 N–H and O–H groups in total. The highest BCUT2D eigenvalue weighted by Gasteiger charge is 2.22. The summed E-state index contributed by atoms with van der Waals surface area (Å²) in [5.41, 5.74) is 6.80. The third-order valence-corrected chi connectivity index (χ3v) is 2.93. The molecule has 1 aromatic carbocycles. The Kier molecular flexibility index (Phi) is 4.50. The molecule has 0 aromatic heterocycles. The summed E-state index contributed by atoms with van der Waals surface area (Å²) in [6.07, 6.45) is 0. The molecule has 0 amide bonds. The molecule has 0 spiro atoms. The van der Waals surface area contributed by atoms with Crippen molar-refractivity contribution in [3.05, 3.63) is 17.7 Å². The molecule has 2 rings (SSSR count). The largest absolute Gasteiger partial charge is 0.493 e. The molecule has 0 saturated carbocycles. The molecule has 19 heavy (non-hydrogen) atoms. The molecule has 0 radical (unpaired) electrons. The quantitative estimate of drug-likeness (QED) is 0.776. The van der Waals surface area contributed by atoms with Gasteiger partial charge in [0.1, 0.15) is 0 Å². The van der Waals surface area contributed by atoms with Crippen LogP contribution in [0.15, 0.2) is 12.1 Å². The number of hydrogen-bond donors (Lipinski definition) is 2. The molecule has 0 saturated heterocycles. The highest BCUT2D eigenvalue weighted by atomic mass is 16.7. The van der Waals surface area contributed by atoms with Crippen molar-refractivity contribution in [1.29, 1.82) is 0 Å². The van der Waals surface area contributed by atoms with E-state index in [1.165, 1.54) is 0 Å². The summed E-state index contributed by atoms with van der Waals surface area (Å²) in [5.74, 6) is 7.80. The first kappa shape index (κ1) is 13.5. The van der Waals surface area contributed by atoms with Gasteiger partial charge in [-0.25, -0.2) is 0 Å². The van der Waals surface area contributed by atoms with E-state index in [-0.39, 0.29) is 12.8 Å². The van der Waals surface area contributed by atoms with Crippen LogP contribution in [0.4, 0.5) is 0 Å². The van der Waals surface area contributed by atoms with Crippen molar-refractivity contribution >= 4 is 0 Å². The van der Waals surface area contributed by atoms with Gasteiger partial charge in [0, 0.05) is 12.6 Å². The maximum Gasteiger partial charge on any atom is 0.231 e. The number of nitrogens with one attached hydrogen (secondary N) is 1. The standard InChI is InChI=1S/C14H18N2O3/c1-3-4-5-16-11(8-15)10-6-12(17-2)14-13(7-10)18-9-19-14/h6-7,11,16H,5,8-9,15H2,1-2H3. The number of methoxy groups -OCH3 is 1. The van der Waals surface area contributed by atoms with Gasteiger partial charge in [0.05, 0.1) is 13.7 Å². The summed E-state index contributed by atoms with van der Waals surface area (Å²) in [6.45, 7) is 3.09. The molecule has 1 heterocycles. The van der Waals surface area contributed by atoms with Crippen LogP contribution in [0, 0.1) is 11.8 Å². The van der Waals surface area contributed by atoms with Crippen LogP contribution in [0.25, 0.3) is 0 Å². The predicted octanol–water partition coefficient (Wildman–Crippen LogP) is 1.04. The van der Waals surface area contributed by atoms with Crippen molar-refractivity contribution in [2.45, 2.75) is 13.0 Å². The van der Waals surface area contributed by atoms with Gasteiger partial charge < -0.3 is 19.9 Å². The number of benzene rings is 1. The Morgan fingerprint density at radius 1 is 1.47 bits per heavy atom. The molecule has 1 aromatic rings. The number of rotatable bonds is 5. The molecule has 0 bridgehead atoms. The zero-order valence-electron chi connectivity index (χ0n) is 11.2. The normalized spacial score (nSPS) is 13.6. The van der Waals surface area contributed by atoms with Crippen LogP contribution in [0.2, 0.25) is 0 Å². The zero-order valence-corrected chi connectivity index (χ0v) is 11.2. The Labute approximate surface area is 113 Å². The van der Waals surface area contributed by atoms with Gasteiger partial charge in [0.2, 0.25) is 12.5 Å². The Balaban J connectivity index is 2.24. The molecule has 1 atom stereocenters. The van der Waals surface area contributed by atoms with Crippen LogP contribution in [0.5, 0.6) is 17.2 Å². The van der Waals surface area contributed by atoms with Gasteiger partial charge in [-0.3, -0.25) is 5.32 Å². The highest BCUT2D eigenvalue weighted by molar-refractivity contribution is 5.55. The van der Waals surface area contributed by atoms with E-state index in [1.54, 1.807) is 7.11 Å². The smallest absolute Gasteiger partial charge is 0.231 e. The molecule has 5 heteroatoms. The number of ether oxygens (including phenoxy) is 3. The lowest BCUT2D eigenvalue weighted by atomic mass is 10.1. The van der Waals surface area contributed by atoms with E-state index in [2.05, 4.69) is 17.2 Å². The molecule has 1 aliphatic rings. The Morgan fingerprint density at radius 3 is 3.00 bits per heavy atom. The highest BCUT2D eigenvalue weighted by Crippen LogP contribution is 2.42. The summed E-state index contributed by atoms with van der Waals surface area (Å²) in [6, 6.07) is 3.84. The number of nitrogens with two attached hydrogens (primary N) is 1. The van der Waals surface area contributed by atoms with Gasteiger partial charge >= 0.3 is 0 Å². The predicted molar refractivity (Wildman–Crippen MR) is 72.4 cm³/mol. The van der Waals surface area contributed by atoms with Crippen LogP contribution >= 0.6 is 0 Å². The number of fused-ring (bicyclic) bond motifs is 1. The fourth-order valence-electron chi connectivity index (χ4n) is 1.95. The van der Waals surface area contributed by atoms with Crippen LogP contribution in [-0.2, 0) is 0 Å². The van der Waals surface area contributed by atoms with Crippen LogP contribution in [0.3, 0.4) is 0 Å². The topological polar surface area (TPSA) is 65.7 Å². The zero-order chi connectivity index (χ0) is 13.7. The second-order valence-corrected chi connectivity index (χ2v) is 4.05. The van der Waals surface area contributed by atoms with Crippen LogP contribution in [-0.4, -0.2) is 27.0 Å². The molecular weight excluding hydrogens is 244 g/mol. The fraction of sp³-hybridized carbons (Fsp3) is 0.429. The van der Waals surface area contributed by atoms with E-state index in [4.69, 9.17) is 19.9 Å². The van der Waals surface area contributed by atoms with Gasteiger partial charge in [-0.2, -0.15) is 0 Å². The summed E-state index contributed by atoms with van der Waals surface area (Å²) in [7, 11) is 1.61. The first-order chi connectivity index (χ1) is 9.30. The van der Waals surface area contributed by atoms with Gasteiger partial charge in [0.15, 0.2) is 11.5 Å². The van der Waals surface area contributed by atoms with Gasteiger partial charge in [-0.15, -0.1) is 5.92 Å². The first-order valence-electron chi connectivity index (χ1n) is 6.10. The Morgan fingerprint density at radius 2 is 2.32 bits per heavy atom. The monoisotopic (exact) mass is 262 g/mol. The lowest BCUT2D eigenvalue weighted by Gasteiger charge is -2.17. The minimum Gasteiger partial charge on any atom is -0.493 e. The minimum absolute atomic E-state index is 0.00394. The second kappa shape index (κ2) is 6.32. The first-order valence-corrected chi connectivity index (χ1v) is 6.10. The third-order valence-electron chi connectivity index (χ3n) is 2.93. The van der Waals surface area contributed by atoms with E-state index in [1.807, 2.05) is 19.1 Å². The molecule has 102 valence electrons. The van der Waals surface area contributed by atoms with Crippen molar-refractivity contribution < 1.29 is 14.2 Å². The molecule has 5 nitrogen and oxygen atoms in total. The fourth-order valence-corrected chi connectivity index (χ4v) is 1.95. The average Bonchev–Trinajstić information content (AvgIpc) is 2.91. The van der Waals surface area contributed by atoms with Gasteiger partial charge in [0.25, 0.3) is 0 Å². The maximum atomic E-state index is 5.80. The van der Waals surface area contributed by atoms with Gasteiger partial charge in [-0.1, -0.05) is 5.92 Å².